The lowest BCUT2D eigenvalue weighted by Gasteiger charge is -2.34. The number of hydrogen-bond acceptors (Lipinski definition) is 3. The Balaban J connectivity index is 1.57. The molecule has 3 aliphatic rings. The zero-order valence-corrected chi connectivity index (χ0v) is 20.5. The van der Waals surface area contributed by atoms with Gasteiger partial charge in [0, 0.05) is 11.8 Å². The van der Waals surface area contributed by atoms with Crippen molar-refractivity contribution in [1.29, 1.82) is 0 Å². The Morgan fingerprint density at radius 2 is 2.06 bits per heavy atom. The third kappa shape index (κ3) is 5.43. The second-order valence-corrected chi connectivity index (χ2v) is 11.6. The number of nitrogens with zero attached hydrogens (tertiary/aromatic N) is 2. The fraction of sp³-hybridized carbons (Fsp3) is 0.630. The molecule has 2 atom stereocenters. The van der Waals surface area contributed by atoms with Crippen LogP contribution in [0.25, 0.3) is 0 Å². The normalized spacial score (nSPS) is 27.6. The Labute approximate surface area is 193 Å². The van der Waals surface area contributed by atoms with Crippen LogP contribution in [-0.2, 0) is 0 Å². The van der Waals surface area contributed by atoms with Gasteiger partial charge in [-0.05, 0) is 86.3 Å². The molecular weight excluding hydrogens is 398 g/mol. The molecule has 4 rings (SSSR count). The first kappa shape index (κ1) is 23.0. The van der Waals surface area contributed by atoms with E-state index in [1.807, 2.05) is 0 Å². The molecule has 0 spiro atoms. The van der Waals surface area contributed by atoms with Crippen LogP contribution in [0.3, 0.4) is 0 Å². The van der Waals surface area contributed by atoms with Crippen molar-refractivity contribution in [2.24, 2.45) is 17.3 Å². The summed E-state index contributed by atoms with van der Waals surface area (Å²) < 4.78 is 6.24. The van der Waals surface area contributed by atoms with Gasteiger partial charge in [0.25, 0.3) is 5.91 Å². The van der Waals surface area contributed by atoms with E-state index >= 15 is 0 Å². The van der Waals surface area contributed by atoms with Crippen molar-refractivity contribution in [3.63, 3.8) is 0 Å². The molecule has 1 saturated heterocycles. The first-order valence-electron chi connectivity index (χ1n) is 12.3. The maximum absolute atomic E-state index is 12.8. The van der Waals surface area contributed by atoms with E-state index in [1.54, 1.807) is 13.0 Å². The fourth-order valence-corrected chi connectivity index (χ4v) is 5.47. The third-order valence-corrected chi connectivity index (χ3v) is 7.79. The summed E-state index contributed by atoms with van der Waals surface area (Å²) in [6.07, 6.45) is 15.2. The minimum absolute atomic E-state index is 0.192. The molecule has 174 valence electrons. The Kier molecular flexibility index (Phi) is 6.49. The van der Waals surface area contributed by atoms with Crippen LogP contribution in [-0.4, -0.2) is 42.7 Å². The number of rotatable bonds is 4. The fourth-order valence-electron chi connectivity index (χ4n) is 5.47. The van der Waals surface area contributed by atoms with Crippen LogP contribution in [0.2, 0.25) is 0 Å². The first-order valence-corrected chi connectivity index (χ1v) is 12.3. The van der Waals surface area contributed by atoms with E-state index < -0.39 is 0 Å². The van der Waals surface area contributed by atoms with Crippen molar-refractivity contribution >= 4 is 5.91 Å². The summed E-state index contributed by atoms with van der Waals surface area (Å²) in [6.45, 7) is 9.02. The summed E-state index contributed by atoms with van der Waals surface area (Å²) >= 11 is 0. The molecule has 1 amide bonds. The molecule has 0 aromatic carbocycles. The monoisotopic (exact) mass is 438 g/mol. The first-order chi connectivity index (χ1) is 15.1. The lowest BCUT2D eigenvalue weighted by atomic mass is 9.72. The quantitative estimate of drug-likeness (QED) is 0.627. The van der Waals surface area contributed by atoms with E-state index in [4.69, 9.17) is 4.52 Å². The molecule has 1 aromatic rings. The van der Waals surface area contributed by atoms with Crippen molar-refractivity contribution < 1.29 is 13.8 Å². The van der Waals surface area contributed by atoms with E-state index in [2.05, 4.69) is 56.6 Å². The lowest BCUT2D eigenvalue weighted by Crippen LogP contribution is -2.40. The Morgan fingerprint density at radius 1 is 1.25 bits per heavy atom. The average Bonchev–Trinajstić information content (AvgIpc) is 3.09. The van der Waals surface area contributed by atoms with Gasteiger partial charge in [0.15, 0.2) is 5.69 Å². The number of quaternary nitrogens is 1. The summed E-state index contributed by atoms with van der Waals surface area (Å²) in [5.74, 6) is 1.73. The molecule has 1 N–H and O–H groups in total. The van der Waals surface area contributed by atoms with Gasteiger partial charge in [0.05, 0.1) is 27.2 Å². The Hall–Kier alpha value is -2.14. The smallest absolute Gasteiger partial charge is 0.277 e. The highest BCUT2D eigenvalue weighted by Crippen LogP contribution is 2.42. The Bertz CT molecular complexity index is 948. The summed E-state index contributed by atoms with van der Waals surface area (Å²) in [5, 5.41) is 7.05. The van der Waals surface area contributed by atoms with Crippen LogP contribution in [0, 0.1) is 24.2 Å². The van der Waals surface area contributed by atoms with Crippen molar-refractivity contribution in [1.82, 2.24) is 10.5 Å². The molecule has 32 heavy (non-hydrogen) atoms. The molecule has 0 saturated carbocycles. The predicted molar refractivity (Wildman–Crippen MR) is 128 cm³/mol. The maximum atomic E-state index is 12.8. The van der Waals surface area contributed by atoms with Crippen molar-refractivity contribution in [2.75, 3.05) is 27.2 Å². The van der Waals surface area contributed by atoms with Gasteiger partial charge in [-0.15, -0.1) is 0 Å². The number of amides is 1. The second kappa shape index (κ2) is 9.01. The highest BCUT2D eigenvalue weighted by molar-refractivity contribution is 5.93. The molecule has 0 bridgehead atoms. The van der Waals surface area contributed by atoms with E-state index in [0.29, 0.717) is 22.8 Å². The lowest BCUT2D eigenvalue weighted by molar-refractivity contribution is -0.889. The number of hydrogen-bond donors (Lipinski definition) is 1. The molecule has 2 heterocycles. The molecule has 0 radical (unpaired) electrons. The maximum Gasteiger partial charge on any atom is 0.277 e. The van der Waals surface area contributed by atoms with E-state index in [9.17, 15) is 4.79 Å². The molecule has 1 aromatic heterocycles. The van der Waals surface area contributed by atoms with Crippen LogP contribution in [0.15, 0.2) is 45.7 Å². The summed E-state index contributed by atoms with van der Waals surface area (Å²) in [5.41, 5.74) is 4.41. The van der Waals surface area contributed by atoms with Crippen molar-refractivity contribution in [2.45, 2.75) is 65.7 Å². The highest BCUT2D eigenvalue weighted by atomic mass is 16.5. The number of carbonyl (C=O) groups excluding carboxylic acids is 1. The highest BCUT2D eigenvalue weighted by Gasteiger charge is 2.32. The van der Waals surface area contributed by atoms with Gasteiger partial charge in [0.1, 0.15) is 5.76 Å². The molecule has 2 aliphatic carbocycles. The number of allylic oxidation sites excluding steroid dienone is 5. The van der Waals surface area contributed by atoms with Crippen LogP contribution < -0.4 is 5.32 Å². The van der Waals surface area contributed by atoms with Gasteiger partial charge in [-0.3, -0.25) is 4.79 Å². The van der Waals surface area contributed by atoms with E-state index in [1.165, 1.54) is 49.9 Å². The molecule has 5 nitrogen and oxygen atoms in total. The zero-order valence-electron chi connectivity index (χ0n) is 20.5. The zero-order chi connectivity index (χ0) is 22.9. The summed E-state index contributed by atoms with van der Waals surface area (Å²) in [7, 11) is 4.72. The van der Waals surface area contributed by atoms with Gasteiger partial charge in [-0.25, -0.2) is 0 Å². The third-order valence-electron chi connectivity index (χ3n) is 7.79. The number of aryl methyl sites for hydroxylation is 1. The topological polar surface area (TPSA) is 55.1 Å². The second-order valence-electron chi connectivity index (χ2n) is 11.6. The van der Waals surface area contributed by atoms with E-state index in [-0.39, 0.29) is 5.91 Å². The number of likely N-dealkylation sites (tertiary alicyclic amines) is 1. The van der Waals surface area contributed by atoms with Crippen molar-refractivity contribution in [3.05, 3.63) is 52.6 Å². The van der Waals surface area contributed by atoms with Crippen LogP contribution in [0.1, 0.15) is 75.0 Å². The number of nitrogens with one attached hydrogen (secondary N) is 1. The predicted octanol–water partition coefficient (Wildman–Crippen LogP) is 5.56. The van der Waals surface area contributed by atoms with Gasteiger partial charge < -0.3 is 14.3 Å². The number of carbonyl (C=O) groups is 1. The SMILES string of the molecule is Cc1cc(C(=O)NC2=C(C3=CCC(C)(C)CC3)CC(C3CCC[N+](C)(C)CC3)C=C2)no1. The molecule has 1 fully saturated rings. The van der Waals surface area contributed by atoms with Gasteiger partial charge in [-0.1, -0.05) is 31.2 Å². The molecule has 1 aliphatic heterocycles. The molecule has 2 unspecified atom stereocenters. The summed E-state index contributed by atoms with van der Waals surface area (Å²) in [4.78, 5) is 12.8. The summed E-state index contributed by atoms with van der Waals surface area (Å²) in [6, 6.07) is 1.69. The van der Waals surface area contributed by atoms with Gasteiger partial charge in [-0.2, -0.15) is 0 Å². The van der Waals surface area contributed by atoms with Gasteiger partial charge >= 0.3 is 0 Å². The largest absolute Gasteiger partial charge is 0.361 e. The molecular formula is C27H40N3O2+. The molecule has 5 heteroatoms. The minimum Gasteiger partial charge on any atom is -0.361 e. The van der Waals surface area contributed by atoms with Gasteiger partial charge in [0.2, 0.25) is 0 Å². The van der Waals surface area contributed by atoms with Crippen LogP contribution in [0.4, 0.5) is 0 Å². The van der Waals surface area contributed by atoms with Crippen LogP contribution in [0.5, 0.6) is 0 Å². The average molecular weight is 439 g/mol. The van der Waals surface area contributed by atoms with Crippen LogP contribution >= 0.6 is 0 Å². The van der Waals surface area contributed by atoms with Crippen molar-refractivity contribution in [3.8, 4) is 0 Å². The van der Waals surface area contributed by atoms with E-state index in [0.717, 1.165) is 35.4 Å². The Morgan fingerprint density at radius 3 is 2.75 bits per heavy atom. The minimum atomic E-state index is -0.192. The standard InChI is InChI=1S/C27H39N3O2/c1-19-17-25(29-32-19)26(31)28-24-9-8-22(20-7-6-15-30(4,5)16-12-20)18-23(24)21-10-13-27(2,3)14-11-21/h8-10,17,20,22H,6-7,11-16,18H2,1-5H3/p+1. The number of aromatic nitrogens is 1.